The number of amides is 3. The van der Waals surface area contributed by atoms with Crippen molar-refractivity contribution < 1.29 is 14.4 Å². The van der Waals surface area contributed by atoms with Crippen molar-refractivity contribution in [3.63, 3.8) is 0 Å². The molecule has 2 saturated carbocycles. The van der Waals surface area contributed by atoms with Gasteiger partial charge in [-0.15, -0.1) is 0 Å². The predicted octanol–water partition coefficient (Wildman–Crippen LogP) is 0.956. The summed E-state index contributed by atoms with van der Waals surface area (Å²) in [6, 6.07) is 0. The summed E-state index contributed by atoms with van der Waals surface area (Å²) in [7, 11) is 0. The van der Waals surface area contributed by atoms with Crippen LogP contribution in [0.15, 0.2) is 12.2 Å². The van der Waals surface area contributed by atoms with Crippen LogP contribution in [0.5, 0.6) is 0 Å². The molecule has 1 N–H and O–H groups in total. The van der Waals surface area contributed by atoms with Gasteiger partial charge in [-0.1, -0.05) is 19.1 Å². The van der Waals surface area contributed by atoms with Crippen molar-refractivity contribution in [2.75, 3.05) is 13.1 Å². The van der Waals surface area contributed by atoms with Crippen LogP contribution in [-0.2, 0) is 14.4 Å². The summed E-state index contributed by atoms with van der Waals surface area (Å²) < 4.78 is 0. The number of hydrogen-bond donors (Lipinski definition) is 1. The van der Waals surface area contributed by atoms with E-state index in [9.17, 15) is 14.4 Å². The topological polar surface area (TPSA) is 66.5 Å². The second kappa shape index (κ2) is 4.93. The highest BCUT2D eigenvalue weighted by molar-refractivity contribution is 6.06. The lowest BCUT2D eigenvalue weighted by Crippen LogP contribution is -2.36. The predicted molar refractivity (Wildman–Crippen MR) is 79.3 cm³/mol. The molecule has 1 saturated heterocycles. The molecular formula is C17H22N2O3. The Morgan fingerprint density at radius 3 is 2.32 bits per heavy atom. The standard InChI is InChI=1S/C17H22N2O3/c1-9-7-12(9)15(20)18-5-2-6-19-16(21)13-10-3-4-11(8-10)14(13)17(19)22/h3-4,9-14H,2,5-8H2,1H3,(H,18,20)/t9-,10+,11+,12+,13-,14-/m1/s1. The second-order valence-electron chi connectivity index (χ2n) is 7.29. The number of imide groups is 1. The molecule has 0 aromatic heterocycles. The van der Waals surface area contributed by atoms with Crippen LogP contribution in [0.25, 0.3) is 0 Å². The SMILES string of the molecule is C[C@@H]1C[C@@H]1C(=O)NCCCN1C(=O)[C@H]2[C@H](C1=O)[C@H]1C=C[C@H]2C1. The second-order valence-corrected chi connectivity index (χ2v) is 7.29. The molecule has 5 heteroatoms. The fraction of sp³-hybridized carbons (Fsp3) is 0.706. The van der Waals surface area contributed by atoms with Gasteiger partial charge in [0.15, 0.2) is 0 Å². The number of likely N-dealkylation sites (tertiary alicyclic amines) is 1. The van der Waals surface area contributed by atoms with E-state index >= 15 is 0 Å². The van der Waals surface area contributed by atoms with Crippen molar-refractivity contribution in [2.45, 2.75) is 26.2 Å². The van der Waals surface area contributed by atoms with Crippen LogP contribution in [-0.4, -0.2) is 35.7 Å². The third-order valence-electron chi connectivity index (χ3n) is 5.87. The summed E-state index contributed by atoms with van der Waals surface area (Å²) in [4.78, 5) is 38.1. The van der Waals surface area contributed by atoms with E-state index in [0.717, 1.165) is 12.8 Å². The molecule has 0 aromatic rings. The van der Waals surface area contributed by atoms with Gasteiger partial charge in [-0.05, 0) is 37.0 Å². The Morgan fingerprint density at radius 1 is 1.18 bits per heavy atom. The van der Waals surface area contributed by atoms with Gasteiger partial charge in [0.05, 0.1) is 11.8 Å². The molecule has 0 unspecified atom stereocenters. The zero-order valence-corrected chi connectivity index (χ0v) is 12.8. The molecule has 1 aliphatic heterocycles. The smallest absolute Gasteiger partial charge is 0.233 e. The van der Waals surface area contributed by atoms with E-state index < -0.39 is 0 Å². The lowest BCUT2D eigenvalue weighted by Gasteiger charge is -2.17. The molecular weight excluding hydrogens is 280 g/mol. The minimum Gasteiger partial charge on any atom is -0.356 e. The summed E-state index contributed by atoms with van der Waals surface area (Å²) in [5.74, 6) is 1.14. The average molecular weight is 302 g/mol. The van der Waals surface area contributed by atoms with E-state index in [4.69, 9.17) is 0 Å². The molecule has 3 amide bonds. The van der Waals surface area contributed by atoms with E-state index in [-0.39, 0.29) is 47.3 Å². The Hall–Kier alpha value is -1.65. The summed E-state index contributed by atoms with van der Waals surface area (Å²) in [5, 5.41) is 2.91. The molecule has 4 aliphatic rings. The van der Waals surface area contributed by atoms with Crippen molar-refractivity contribution >= 4 is 17.7 Å². The number of fused-ring (bicyclic) bond motifs is 5. The molecule has 4 rings (SSSR count). The fourth-order valence-corrected chi connectivity index (χ4v) is 4.45. The van der Waals surface area contributed by atoms with Crippen molar-refractivity contribution in [3.8, 4) is 0 Å². The zero-order valence-electron chi connectivity index (χ0n) is 12.8. The van der Waals surface area contributed by atoms with Crippen LogP contribution >= 0.6 is 0 Å². The third-order valence-corrected chi connectivity index (χ3v) is 5.87. The van der Waals surface area contributed by atoms with Gasteiger partial charge < -0.3 is 5.32 Å². The minimum atomic E-state index is -0.107. The molecule has 3 aliphatic carbocycles. The van der Waals surface area contributed by atoms with Crippen molar-refractivity contribution in [1.82, 2.24) is 10.2 Å². The maximum absolute atomic E-state index is 12.5. The quantitative estimate of drug-likeness (QED) is 0.467. The Balaban J connectivity index is 1.28. The highest BCUT2D eigenvalue weighted by atomic mass is 16.2. The Bertz CT molecular complexity index is 540. The molecule has 6 atom stereocenters. The largest absolute Gasteiger partial charge is 0.356 e. The first-order chi connectivity index (χ1) is 10.6. The number of carbonyl (C=O) groups excluding carboxylic acids is 3. The molecule has 22 heavy (non-hydrogen) atoms. The van der Waals surface area contributed by atoms with Gasteiger partial charge in [-0.2, -0.15) is 0 Å². The van der Waals surface area contributed by atoms with Crippen molar-refractivity contribution in [1.29, 1.82) is 0 Å². The van der Waals surface area contributed by atoms with Gasteiger partial charge >= 0.3 is 0 Å². The van der Waals surface area contributed by atoms with Gasteiger partial charge in [0, 0.05) is 19.0 Å². The summed E-state index contributed by atoms with van der Waals surface area (Å²) in [6.07, 6.45) is 6.81. The highest BCUT2D eigenvalue weighted by Crippen LogP contribution is 2.52. The minimum absolute atomic E-state index is 0.00833. The maximum atomic E-state index is 12.5. The molecule has 1 heterocycles. The van der Waals surface area contributed by atoms with Gasteiger partial charge in [-0.3, -0.25) is 19.3 Å². The molecule has 3 fully saturated rings. The number of allylic oxidation sites excluding steroid dienone is 2. The van der Waals surface area contributed by atoms with Crippen LogP contribution in [0.1, 0.15) is 26.2 Å². The van der Waals surface area contributed by atoms with Crippen molar-refractivity contribution in [3.05, 3.63) is 12.2 Å². The van der Waals surface area contributed by atoms with Crippen LogP contribution in [0.2, 0.25) is 0 Å². The van der Waals surface area contributed by atoms with E-state index in [0.29, 0.717) is 25.4 Å². The first-order valence-corrected chi connectivity index (χ1v) is 8.39. The summed E-state index contributed by atoms with van der Waals surface area (Å²) in [5.41, 5.74) is 0. The van der Waals surface area contributed by atoms with Gasteiger partial charge in [0.2, 0.25) is 17.7 Å². The molecule has 118 valence electrons. The lowest BCUT2D eigenvalue weighted by atomic mass is 9.85. The molecule has 5 nitrogen and oxygen atoms in total. The normalized spacial score (nSPS) is 41.2. The van der Waals surface area contributed by atoms with Crippen LogP contribution in [0, 0.1) is 35.5 Å². The molecule has 0 radical (unpaired) electrons. The molecule has 2 bridgehead atoms. The number of carbonyl (C=O) groups is 3. The van der Waals surface area contributed by atoms with Crippen LogP contribution in [0.4, 0.5) is 0 Å². The summed E-state index contributed by atoms with van der Waals surface area (Å²) >= 11 is 0. The third kappa shape index (κ3) is 2.02. The Labute approximate surface area is 130 Å². The highest BCUT2D eigenvalue weighted by Gasteiger charge is 2.58. The fourth-order valence-electron chi connectivity index (χ4n) is 4.45. The average Bonchev–Trinajstić information content (AvgIpc) is 2.87. The number of rotatable bonds is 5. The van der Waals surface area contributed by atoms with Gasteiger partial charge in [0.25, 0.3) is 0 Å². The van der Waals surface area contributed by atoms with E-state index in [1.54, 1.807) is 0 Å². The molecule has 0 aromatic carbocycles. The number of hydrogen-bond acceptors (Lipinski definition) is 3. The van der Waals surface area contributed by atoms with Crippen molar-refractivity contribution in [2.24, 2.45) is 35.5 Å². The van der Waals surface area contributed by atoms with Gasteiger partial charge in [0.1, 0.15) is 0 Å². The molecule has 0 spiro atoms. The lowest BCUT2D eigenvalue weighted by molar-refractivity contribution is -0.140. The number of nitrogens with one attached hydrogen (secondary N) is 1. The van der Waals surface area contributed by atoms with E-state index in [2.05, 4.69) is 24.4 Å². The number of nitrogens with zero attached hydrogens (tertiary/aromatic N) is 1. The monoisotopic (exact) mass is 302 g/mol. The first-order valence-electron chi connectivity index (χ1n) is 8.39. The maximum Gasteiger partial charge on any atom is 0.233 e. The zero-order chi connectivity index (χ0) is 15.4. The van der Waals surface area contributed by atoms with E-state index in [1.165, 1.54) is 4.90 Å². The Morgan fingerprint density at radius 2 is 1.77 bits per heavy atom. The van der Waals surface area contributed by atoms with E-state index in [1.807, 2.05) is 0 Å². The van der Waals surface area contributed by atoms with Crippen LogP contribution < -0.4 is 5.32 Å². The summed E-state index contributed by atoms with van der Waals surface area (Å²) in [6.45, 7) is 3.05. The first kappa shape index (κ1) is 14.0. The van der Waals surface area contributed by atoms with Gasteiger partial charge in [-0.25, -0.2) is 0 Å². The van der Waals surface area contributed by atoms with Crippen LogP contribution in [0.3, 0.4) is 0 Å². The Kier molecular flexibility index (Phi) is 3.13.